The molecule has 1 heterocycles. The van der Waals surface area contributed by atoms with Gasteiger partial charge in [-0.1, -0.05) is 29.8 Å². The molecule has 0 aliphatic rings. The second-order valence-electron chi connectivity index (χ2n) is 3.97. The van der Waals surface area contributed by atoms with Crippen LogP contribution in [0, 0.1) is 0 Å². The molecule has 4 nitrogen and oxygen atoms in total. The Balaban J connectivity index is 2.08. The smallest absolute Gasteiger partial charge is 0.350 e. The van der Waals surface area contributed by atoms with Gasteiger partial charge in [0.25, 0.3) is 0 Å². The van der Waals surface area contributed by atoms with Crippen LogP contribution in [0.2, 0.25) is 5.02 Å². The monoisotopic (exact) mass is 309 g/mol. The maximum Gasteiger partial charge on any atom is 0.350 e. The second kappa shape index (κ2) is 6.54. The Kier molecular flexibility index (Phi) is 4.76. The van der Waals surface area contributed by atoms with Gasteiger partial charge in [0, 0.05) is 5.02 Å². The summed E-state index contributed by atoms with van der Waals surface area (Å²) in [6, 6.07) is 8.81. The largest absolute Gasteiger partial charge is 0.465 e. The summed E-state index contributed by atoms with van der Waals surface area (Å²) in [6.45, 7) is 0. The van der Waals surface area contributed by atoms with Crippen molar-refractivity contribution in [1.29, 1.82) is 0 Å². The van der Waals surface area contributed by atoms with Crippen molar-refractivity contribution in [3.63, 3.8) is 0 Å². The number of methoxy groups -OCH3 is 1. The molecule has 0 radical (unpaired) electrons. The molecule has 0 saturated heterocycles. The summed E-state index contributed by atoms with van der Waals surface area (Å²) in [5, 5.41) is 4.96. The van der Waals surface area contributed by atoms with Crippen LogP contribution < -0.4 is 5.32 Å². The van der Waals surface area contributed by atoms with Gasteiger partial charge >= 0.3 is 5.97 Å². The van der Waals surface area contributed by atoms with Gasteiger partial charge in [0.05, 0.1) is 19.2 Å². The van der Waals surface area contributed by atoms with Crippen LogP contribution in [-0.2, 0) is 16.0 Å². The minimum atomic E-state index is -0.465. The van der Waals surface area contributed by atoms with E-state index in [1.165, 1.54) is 18.4 Å². The van der Waals surface area contributed by atoms with Crippen molar-refractivity contribution in [2.24, 2.45) is 0 Å². The number of esters is 1. The lowest BCUT2D eigenvalue weighted by atomic mass is 10.1. The standard InChI is InChI=1S/C14H12ClNO3S/c1-19-14(18)13-11(6-7-20-13)16-12(17)8-9-4-2-3-5-10(9)15/h2-7H,8H2,1H3,(H,16,17). The van der Waals surface area contributed by atoms with E-state index in [0.29, 0.717) is 15.6 Å². The van der Waals surface area contributed by atoms with Crippen molar-refractivity contribution < 1.29 is 14.3 Å². The summed E-state index contributed by atoms with van der Waals surface area (Å²) < 4.78 is 4.65. The molecule has 104 valence electrons. The van der Waals surface area contributed by atoms with Crippen LogP contribution in [0.15, 0.2) is 35.7 Å². The van der Waals surface area contributed by atoms with E-state index in [4.69, 9.17) is 11.6 Å². The number of carbonyl (C=O) groups excluding carboxylic acids is 2. The summed E-state index contributed by atoms with van der Waals surface area (Å²) in [7, 11) is 1.30. The number of ether oxygens (including phenoxy) is 1. The molecule has 0 aliphatic heterocycles. The number of halogens is 1. The van der Waals surface area contributed by atoms with Crippen LogP contribution in [-0.4, -0.2) is 19.0 Å². The fraction of sp³-hybridized carbons (Fsp3) is 0.143. The van der Waals surface area contributed by atoms with E-state index in [1.54, 1.807) is 29.6 Å². The lowest BCUT2D eigenvalue weighted by molar-refractivity contribution is -0.115. The number of carbonyl (C=O) groups is 2. The molecule has 20 heavy (non-hydrogen) atoms. The zero-order valence-corrected chi connectivity index (χ0v) is 12.3. The van der Waals surface area contributed by atoms with E-state index < -0.39 is 5.97 Å². The molecule has 0 saturated carbocycles. The minimum Gasteiger partial charge on any atom is -0.465 e. The first-order chi connectivity index (χ1) is 9.61. The normalized spacial score (nSPS) is 10.1. The Bertz CT molecular complexity index is 639. The molecule has 2 aromatic rings. The zero-order valence-electron chi connectivity index (χ0n) is 10.7. The Morgan fingerprint density at radius 2 is 2.05 bits per heavy atom. The third-order valence-corrected chi connectivity index (χ3v) is 3.88. The average molecular weight is 310 g/mol. The van der Waals surface area contributed by atoms with Crippen LogP contribution in [0.4, 0.5) is 5.69 Å². The first kappa shape index (κ1) is 14.6. The van der Waals surface area contributed by atoms with Gasteiger partial charge in [0.15, 0.2) is 0 Å². The highest BCUT2D eigenvalue weighted by Crippen LogP contribution is 2.23. The predicted molar refractivity (Wildman–Crippen MR) is 79.4 cm³/mol. The maximum atomic E-state index is 12.0. The molecule has 6 heteroatoms. The van der Waals surface area contributed by atoms with Gasteiger partial charge in [-0.2, -0.15) is 0 Å². The Morgan fingerprint density at radius 3 is 2.75 bits per heavy atom. The molecule has 2 rings (SSSR count). The minimum absolute atomic E-state index is 0.149. The highest BCUT2D eigenvalue weighted by molar-refractivity contribution is 7.12. The van der Waals surface area contributed by atoms with Gasteiger partial charge in [0.2, 0.25) is 5.91 Å². The molecule has 1 N–H and O–H groups in total. The molecule has 0 spiro atoms. The summed E-state index contributed by atoms with van der Waals surface area (Å²) in [6.07, 6.45) is 0.149. The van der Waals surface area contributed by atoms with Gasteiger partial charge in [-0.15, -0.1) is 11.3 Å². The molecule has 1 aromatic heterocycles. The van der Waals surface area contributed by atoms with Crippen molar-refractivity contribution in [3.05, 3.63) is 51.2 Å². The quantitative estimate of drug-likeness (QED) is 0.881. The van der Waals surface area contributed by atoms with Crippen LogP contribution in [0.1, 0.15) is 15.2 Å². The molecule has 0 fully saturated rings. The number of thiophene rings is 1. The number of anilines is 1. The maximum absolute atomic E-state index is 12.0. The van der Waals surface area contributed by atoms with Crippen LogP contribution in [0.5, 0.6) is 0 Å². The Labute approximate surface area is 125 Å². The highest BCUT2D eigenvalue weighted by atomic mass is 35.5. The third-order valence-electron chi connectivity index (χ3n) is 2.62. The number of nitrogens with one attached hydrogen (secondary N) is 1. The van der Waals surface area contributed by atoms with Gasteiger partial charge in [-0.3, -0.25) is 4.79 Å². The predicted octanol–water partition coefficient (Wildman–Crippen LogP) is 3.37. The molecule has 1 amide bonds. The second-order valence-corrected chi connectivity index (χ2v) is 5.29. The van der Waals surface area contributed by atoms with E-state index in [1.807, 2.05) is 6.07 Å². The fourth-order valence-electron chi connectivity index (χ4n) is 1.67. The molecule has 0 unspecified atom stereocenters. The van der Waals surface area contributed by atoms with Crippen molar-refractivity contribution in [2.45, 2.75) is 6.42 Å². The van der Waals surface area contributed by atoms with Gasteiger partial charge in [-0.25, -0.2) is 4.79 Å². The number of hydrogen-bond acceptors (Lipinski definition) is 4. The Hall–Kier alpha value is -1.85. The van der Waals surface area contributed by atoms with E-state index in [9.17, 15) is 9.59 Å². The SMILES string of the molecule is COC(=O)c1sccc1NC(=O)Cc1ccccc1Cl. The molecular formula is C14H12ClNO3S. The number of amides is 1. The lowest BCUT2D eigenvalue weighted by Gasteiger charge is -2.06. The van der Waals surface area contributed by atoms with Crippen molar-refractivity contribution in [2.75, 3.05) is 12.4 Å². The van der Waals surface area contributed by atoms with E-state index >= 15 is 0 Å². The number of rotatable bonds is 4. The molecule has 0 atom stereocenters. The van der Waals surface area contributed by atoms with Gasteiger partial charge in [-0.05, 0) is 23.1 Å². The van der Waals surface area contributed by atoms with Crippen molar-refractivity contribution >= 4 is 40.5 Å². The molecule has 0 aliphatic carbocycles. The average Bonchev–Trinajstić information content (AvgIpc) is 2.88. The lowest BCUT2D eigenvalue weighted by Crippen LogP contribution is -2.16. The summed E-state index contributed by atoms with van der Waals surface area (Å²) in [5.41, 5.74) is 1.19. The topological polar surface area (TPSA) is 55.4 Å². The number of hydrogen-bond donors (Lipinski definition) is 1. The van der Waals surface area contributed by atoms with Gasteiger partial charge in [0.1, 0.15) is 4.88 Å². The van der Waals surface area contributed by atoms with E-state index in [2.05, 4.69) is 10.1 Å². The number of benzene rings is 1. The molecule has 1 aromatic carbocycles. The first-order valence-electron chi connectivity index (χ1n) is 5.81. The van der Waals surface area contributed by atoms with Crippen LogP contribution in [0.3, 0.4) is 0 Å². The zero-order chi connectivity index (χ0) is 14.5. The fourth-order valence-corrected chi connectivity index (χ4v) is 2.64. The summed E-state index contributed by atoms with van der Waals surface area (Å²) in [5.74, 6) is -0.699. The summed E-state index contributed by atoms with van der Waals surface area (Å²) >= 11 is 7.22. The van der Waals surface area contributed by atoms with Crippen LogP contribution >= 0.6 is 22.9 Å². The van der Waals surface area contributed by atoms with E-state index in [-0.39, 0.29) is 12.3 Å². The van der Waals surface area contributed by atoms with Crippen molar-refractivity contribution in [3.8, 4) is 0 Å². The Morgan fingerprint density at radius 1 is 1.30 bits per heavy atom. The van der Waals surface area contributed by atoms with E-state index in [0.717, 1.165) is 5.56 Å². The highest BCUT2D eigenvalue weighted by Gasteiger charge is 2.16. The first-order valence-corrected chi connectivity index (χ1v) is 7.06. The van der Waals surface area contributed by atoms with Gasteiger partial charge < -0.3 is 10.1 Å². The third kappa shape index (κ3) is 3.37. The summed E-state index contributed by atoms with van der Waals surface area (Å²) in [4.78, 5) is 23.9. The van der Waals surface area contributed by atoms with Crippen LogP contribution in [0.25, 0.3) is 0 Å². The van der Waals surface area contributed by atoms with Crippen molar-refractivity contribution in [1.82, 2.24) is 0 Å². The molecular weight excluding hydrogens is 298 g/mol. The molecule has 0 bridgehead atoms.